The smallest absolute Gasteiger partial charge is 0.255 e. The van der Waals surface area contributed by atoms with Crippen LogP contribution < -0.4 is 16.3 Å². The molecular formula is C15H20N4OS. The van der Waals surface area contributed by atoms with Crippen molar-refractivity contribution in [3.05, 3.63) is 56.9 Å². The Morgan fingerprint density at radius 1 is 1.33 bits per heavy atom. The van der Waals surface area contributed by atoms with Gasteiger partial charge in [0.2, 0.25) is 0 Å². The summed E-state index contributed by atoms with van der Waals surface area (Å²) in [7, 11) is 0. The molecule has 0 saturated carbocycles. The molecular weight excluding hydrogens is 284 g/mol. The lowest BCUT2D eigenvalue weighted by Crippen LogP contribution is -2.29. The molecule has 0 amide bonds. The second-order valence-corrected chi connectivity index (χ2v) is 5.19. The van der Waals surface area contributed by atoms with Gasteiger partial charge in [0, 0.05) is 18.3 Å². The maximum absolute atomic E-state index is 12.0. The molecule has 1 aromatic heterocycles. The summed E-state index contributed by atoms with van der Waals surface area (Å²) in [5.41, 5.74) is 5.33. The minimum absolute atomic E-state index is 0.163. The summed E-state index contributed by atoms with van der Waals surface area (Å²) in [5, 5.41) is 3.18. The van der Waals surface area contributed by atoms with Crippen LogP contribution in [0, 0.1) is 11.7 Å². The summed E-state index contributed by atoms with van der Waals surface area (Å²) in [4.78, 5) is 14.7. The van der Waals surface area contributed by atoms with E-state index in [4.69, 9.17) is 12.2 Å². The number of aromatic nitrogens is 2. The molecule has 112 valence electrons. The van der Waals surface area contributed by atoms with E-state index >= 15 is 0 Å². The summed E-state index contributed by atoms with van der Waals surface area (Å²) in [6.07, 6.45) is 11.6. The monoisotopic (exact) mass is 304 g/mol. The van der Waals surface area contributed by atoms with Gasteiger partial charge in [-0.05, 0) is 37.7 Å². The van der Waals surface area contributed by atoms with Gasteiger partial charge in [0.25, 0.3) is 5.56 Å². The van der Waals surface area contributed by atoms with Crippen LogP contribution in [0.3, 0.4) is 0 Å². The predicted molar refractivity (Wildman–Crippen MR) is 89.2 cm³/mol. The first-order valence-corrected chi connectivity index (χ1v) is 7.46. The quantitative estimate of drug-likeness (QED) is 0.578. The summed E-state index contributed by atoms with van der Waals surface area (Å²) < 4.78 is 2.14. The Morgan fingerprint density at radius 3 is 2.90 bits per heavy atom. The highest BCUT2D eigenvalue weighted by Crippen LogP contribution is 2.15. The fourth-order valence-corrected chi connectivity index (χ4v) is 2.32. The van der Waals surface area contributed by atoms with Crippen LogP contribution in [0.2, 0.25) is 0 Å². The maximum Gasteiger partial charge on any atom is 0.255 e. The van der Waals surface area contributed by atoms with Crippen LogP contribution in [0.15, 0.2) is 35.3 Å². The molecule has 0 aliphatic carbocycles. The standard InChI is InChI=1S/C15H20N4OS/c1-3-4-10-17-19-13(11(2)14(20)18-15(19)21)12-8-6-5-7-9-16-12/h5-9,16-17H,3-4,10H2,1-2H3,(H,18,20,21). The van der Waals surface area contributed by atoms with Crippen LogP contribution in [-0.4, -0.2) is 16.2 Å². The SMILES string of the molecule is CCCCNn1c(C2=CC=CC=CN2)c(C)c(=O)[nH]c1=S. The maximum atomic E-state index is 12.0. The fraction of sp³-hybridized carbons (Fsp3) is 0.333. The lowest BCUT2D eigenvalue weighted by Gasteiger charge is -2.19. The van der Waals surface area contributed by atoms with E-state index in [1.807, 2.05) is 30.5 Å². The van der Waals surface area contributed by atoms with Crippen LogP contribution in [0.4, 0.5) is 0 Å². The number of unbranched alkanes of at least 4 members (excludes halogenated alkanes) is 1. The molecule has 0 fully saturated rings. The van der Waals surface area contributed by atoms with Gasteiger partial charge in [-0.3, -0.25) is 9.78 Å². The molecule has 0 saturated heterocycles. The van der Waals surface area contributed by atoms with Crippen molar-refractivity contribution < 1.29 is 0 Å². The Kier molecular flexibility index (Phi) is 5.16. The molecule has 0 unspecified atom stereocenters. The van der Waals surface area contributed by atoms with E-state index in [0.29, 0.717) is 10.3 Å². The van der Waals surface area contributed by atoms with Gasteiger partial charge in [-0.15, -0.1) is 0 Å². The molecule has 1 aliphatic heterocycles. The van der Waals surface area contributed by atoms with Crippen LogP contribution in [-0.2, 0) is 0 Å². The van der Waals surface area contributed by atoms with Crippen molar-refractivity contribution in [1.82, 2.24) is 15.0 Å². The molecule has 1 aromatic rings. The Morgan fingerprint density at radius 2 is 2.14 bits per heavy atom. The average Bonchev–Trinajstić information content (AvgIpc) is 2.73. The average molecular weight is 304 g/mol. The molecule has 0 bridgehead atoms. The zero-order chi connectivity index (χ0) is 15.2. The molecule has 6 heteroatoms. The summed E-state index contributed by atoms with van der Waals surface area (Å²) in [6.45, 7) is 4.72. The highest BCUT2D eigenvalue weighted by molar-refractivity contribution is 7.71. The molecule has 3 N–H and O–H groups in total. The second-order valence-electron chi connectivity index (χ2n) is 4.80. The van der Waals surface area contributed by atoms with Crippen molar-refractivity contribution in [2.75, 3.05) is 12.0 Å². The second kappa shape index (κ2) is 7.08. The lowest BCUT2D eigenvalue weighted by molar-refractivity contribution is 0.715. The molecule has 2 rings (SSSR count). The van der Waals surface area contributed by atoms with Gasteiger partial charge >= 0.3 is 0 Å². The Labute approximate surface area is 129 Å². The number of rotatable bonds is 5. The molecule has 0 aromatic carbocycles. The topological polar surface area (TPSA) is 61.9 Å². The lowest BCUT2D eigenvalue weighted by atomic mass is 10.2. The van der Waals surface area contributed by atoms with Crippen molar-refractivity contribution in [2.24, 2.45) is 0 Å². The first-order chi connectivity index (χ1) is 10.1. The first-order valence-electron chi connectivity index (χ1n) is 7.05. The van der Waals surface area contributed by atoms with E-state index < -0.39 is 0 Å². The van der Waals surface area contributed by atoms with E-state index in [9.17, 15) is 4.79 Å². The minimum atomic E-state index is -0.163. The van der Waals surface area contributed by atoms with E-state index in [1.165, 1.54) is 0 Å². The third kappa shape index (κ3) is 3.52. The van der Waals surface area contributed by atoms with Gasteiger partial charge in [-0.2, -0.15) is 0 Å². The molecule has 0 atom stereocenters. The van der Waals surface area contributed by atoms with Gasteiger partial charge in [-0.25, -0.2) is 4.68 Å². The Hall–Kier alpha value is -2.08. The summed E-state index contributed by atoms with van der Waals surface area (Å²) in [6, 6.07) is 0. The molecule has 21 heavy (non-hydrogen) atoms. The van der Waals surface area contributed by atoms with Gasteiger partial charge in [-0.1, -0.05) is 25.5 Å². The molecule has 0 spiro atoms. The van der Waals surface area contributed by atoms with Crippen LogP contribution in [0.5, 0.6) is 0 Å². The van der Waals surface area contributed by atoms with Gasteiger partial charge < -0.3 is 10.7 Å². The van der Waals surface area contributed by atoms with Crippen LogP contribution >= 0.6 is 12.2 Å². The summed E-state index contributed by atoms with van der Waals surface area (Å²) in [5.74, 6) is 0. The normalized spacial score (nSPS) is 13.5. The zero-order valence-electron chi connectivity index (χ0n) is 12.3. The Balaban J connectivity index is 2.53. The highest BCUT2D eigenvalue weighted by Gasteiger charge is 2.14. The minimum Gasteiger partial charge on any atom is -0.360 e. The van der Waals surface area contributed by atoms with Crippen LogP contribution in [0.25, 0.3) is 5.70 Å². The number of aromatic amines is 1. The first kappa shape index (κ1) is 15.3. The largest absolute Gasteiger partial charge is 0.360 e. The van der Waals surface area contributed by atoms with Gasteiger partial charge in [0.05, 0.1) is 11.4 Å². The van der Waals surface area contributed by atoms with Crippen molar-refractivity contribution in [3.63, 3.8) is 0 Å². The third-order valence-corrected chi connectivity index (χ3v) is 3.50. The molecule has 1 aliphatic rings. The van der Waals surface area contributed by atoms with Crippen LogP contribution in [0.1, 0.15) is 31.0 Å². The van der Waals surface area contributed by atoms with Crippen molar-refractivity contribution in [1.29, 1.82) is 0 Å². The molecule has 5 nitrogen and oxygen atoms in total. The van der Waals surface area contributed by atoms with E-state index in [2.05, 4.69) is 22.7 Å². The van der Waals surface area contributed by atoms with Crippen molar-refractivity contribution in [3.8, 4) is 0 Å². The number of allylic oxidation sites excluding steroid dienone is 4. The van der Waals surface area contributed by atoms with E-state index in [0.717, 1.165) is 30.8 Å². The number of H-pyrrole nitrogens is 1. The number of nitrogens with zero attached hydrogens (tertiary/aromatic N) is 1. The van der Waals surface area contributed by atoms with Crippen molar-refractivity contribution in [2.45, 2.75) is 26.7 Å². The van der Waals surface area contributed by atoms with Crippen molar-refractivity contribution >= 4 is 17.9 Å². The predicted octanol–water partition coefficient (Wildman–Crippen LogP) is 2.57. The molecule has 0 radical (unpaired) electrons. The fourth-order valence-electron chi connectivity index (χ4n) is 2.07. The zero-order valence-corrected chi connectivity index (χ0v) is 13.1. The number of nitrogens with one attached hydrogen (secondary N) is 3. The van der Waals surface area contributed by atoms with E-state index in [1.54, 1.807) is 11.6 Å². The third-order valence-electron chi connectivity index (χ3n) is 3.22. The Bertz CT molecular complexity index is 709. The number of hydrogen-bond acceptors (Lipinski definition) is 4. The number of hydrogen-bond donors (Lipinski definition) is 3. The molecule has 2 heterocycles. The highest BCUT2D eigenvalue weighted by atomic mass is 32.1. The van der Waals surface area contributed by atoms with Gasteiger partial charge in [0.15, 0.2) is 4.77 Å². The van der Waals surface area contributed by atoms with E-state index in [-0.39, 0.29) is 5.56 Å². The summed E-state index contributed by atoms with van der Waals surface area (Å²) >= 11 is 5.29. The van der Waals surface area contributed by atoms with Gasteiger partial charge in [0.1, 0.15) is 0 Å².